The van der Waals surface area contributed by atoms with Crippen LogP contribution in [0.4, 0.5) is 0 Å². The number of carboxylic acids is 1. The van der Waals surface area contributed by atoms with E-state index in [1.807, 2.05) is 6.07 Å². The number of carbonyl (C=O) groups is 1. The quantitative estimate of drug-likeness (QED) is 0.410. The molecule has 5 nitrogen and oxygen atoms in total. The molecule has 0 saturated heterocycles. The van der Waals surface area contributed by atoms with Crippen LogP contribution in [0.5, 0.6) is 0 Å². The fraction of sp³-hybridized carbons (Fsp3) is 0.222. The number of hydrogen-bond acceptors (Lipinski definition) is 4. The molecule has 1 aliphatic rings. The van der Waals surface area contributed by atoms with Crippen molar-refractivity contribution in [2.45, 2.75) is 19.5 Å². The summed E-state index contributed by atoms with van der Waals surface area (Å²) in [7, 11) is 0. The second-order valence-electron chi connectivity index (χ2n) is 5.11. The van der Waals surface area contributed by atoms with Gasteiger partial charge in [0.2, 0.25) is 0 Å². The van der Waals surface area contributed by atoms with Gasteiger partial charge in [-0.25, -0.2) is 4.79 Å². The lowest BCUT2D eigenvalue weighted by molar-refractivity contribution is -0.131. The van der Waals surface area contributed by atoms with Gasteiger partial charge in [0.25, 0.3) is 0 Å². The van der Waals surface area contributed by atoms with Crippen molar-refractivity contribution in [2.75, 3.05) is 6.54 Å². The molecule has 1 aliphatic heterocycles. The van der Waals surface area contributed by atoms with Crippen molar-refractivity contribution in [2.24, 2.45) is 4.99 Å². The van der Waals surface area contributed by atoms with Gasteiger partial charge in [0.15, 0.2) is 0 Å². The van der Waals surface area contributed by atoms with Crippen molar-refractivity contribution < 1.29 is 9.90 Å². The monoisotopic (exact) mass is 311 g/mol. The average molecular weight is 311 g/mol. The van der Waals surface area contributed by atoms with Crippen molar-refractivity contribution >= 4 is 12.2 Å². The molecule has 1 aromatic rings. The van der Waals surface area contributed by atoms with Gasteiger partial charge in [-0.05, 0) is 41.8 Å². The lowest BCUT2D eigenvalue weighted by Crippen LogP contribution is -2.26. The summed E-state index contributed by atoms with van der Waals surface area (Å²) in [6.45, 7) is 5.91. The molecule has 0 unspecified atom stereocenters. The van der Waals surface area contributed by atoms with Crippen LogP contribution in [-0.2, 0) is 24.3 Å². The zero-order valence-corrected chi connectivity index (χ0v) is 13.0. The molecule has 2 rings (SSSR count). The minimum Gasteiger partial charge on any atom is -0.478 e. The number of fused-ring (bicyclic) bond motifs is 1. The number of allylic oxidation sites excluding steroid dienone is 2. The topological polar surface area (TPSA) is 73.7 Å². The van der Waals surface area contributed by atoms with Crippen LogP contribution < -0.4 is 10.6 Å². The van der Waals surface area contributed by atoms with Crippen LogP contribution in [0.1, 0.15) is 16.7 Å². The first-order valence-electron chi connectivity index (χ1n) is 7.50. The highest BCUT2D eigenvalue weighted by Gasteiger charge is 2.12. The van der Waals surface area contributed by atoms with Crippen molar-refractivity contribution in [1.82, 2.24) is 10.6 Å². The van der Waals surface area contributed by atoms with E-state index in [9.17, 15) is 4.79 Å². The van der Waals surface area contributed by atoms with E-state index in [0.717, 1.165) is 25.6 Å². The lowest BCUT2D eigenvalue weighted by atomic mass is 9.96. The van der Waals surface area contributed by atoms with Crippen LogP contribution in [0.2, 0.25) is 0 Å². The molecule has 0 aliphatic carbocycles. The van der Waals surface area contributed by atoms with E-state index in [0.29, 0.717) is 12.2 Å². The summed E-state index contributed by atoms with van der Waals surface area (Å²) in [6.07, 6.45) is 8.49. The van der Waals surface area contributed by atoms with Crippen LogP contribution in [0.15, 0.2) is 59.9 Å². The number of nitrogens with one attached hydrogen (secondary N) is 2. The van der Waals surface area contributed by atoms with Crippen LogP contribution in [0, 0.1) is 0 Å². The third-order valence-electron chi connectivity index (χ3n) is 3.56. The van der Waals surface area contributed by atoms with Gasteiger partial charge in [-0.1, -0.05) is 24.8 Å². The molecule has 0 saturated carbocycles. The first-order valence-corrected chi connectivity index (χ1v) is 7.50. The minimum atomic E-state index is -0.991. The van der Waals surface area contributed by atoms with Crippen molar-refractivity contribution in [3.05, 3.63) is 71.6 Å². The lowest BCUT2D eigenvalue weighted by Gasteiger charge is -2.21. The van der Waals surface area contributed by atoms with Gasteiger partial charge in [-0.2, -0.15) is 0 Å². The summed E-state index contributed by atoms with van der Waals surface area (Å²) in [4.78, 5) is 14.8. The Kier molecular flexibility index (Phi) is 6.32. The van der Waals surface area contributed by atoms with E-state index in [1.54, 1.807) is 18.4 Å². The molecule has 0 bridgehead atoms. The largest absolute Gasteiger partial charge is 0.478 e. The van der Waals surface area contributed by atoms with Crippen LogP contribution >= 0.6 is 0 Å². The van der Waals surface area contributed by atoms with Crippen LogP contribution in [-0.4, -0.2) is 23.8 Å². The molecule has 120 valence electrons. The van der Waals surface area contributed by atoms with E-state index in [1.165, 1.54) is 22.9 Å². The van der Waals surface area contributed by atoms with Crippen LogP contribution in [0.25, 0.3) is 0 Å². The number of aliphatic carboxylic acids is 1. The summed E-state index contributed by atoms with van der Waals surface area (Å²) in [6, 6.07) is 6.27. The van der Waals surface area contributed by atoms with Gasteiger partial charge in [-0.3, -0.25) is 4.99 Å². The molecule has 0 amide bonds. The molecule has 0 atom stereocenters. The zero-order chi connectivity index (χ0) is 16.5. The summed E-state index contributed by atoms with van der Waals surface area (Å²) < 4.78 is 0. The summed E-state index contributed by atoms with van der Waals surface area (Å²) in [5.41, 5.74) is 4.37. The first kappa shape index (κ1) is 16.7. The fourth-order valence-corrected chi connectivity index (χ4v) is 2.50. The van der Waals surface area contributed by atoms with Gasteiger partial charge in [0.05, 0.1) is 0 Å². The summed E-state index contributed by atoms with van der Waals surface area (Å²) in [5, 5.41) is 15.5. The van der Waals surface area contributed by atoms with E-state index in [2.05, 4.69) is 34.3 Å². The fourth-order valence-electron chi connectivity index (χ4n) is 2.50. The molecule has 23 heavy (non-hydrogen) atoms. The highest BCUT2D eigenvalue weighted by molar-refractivity contribution is 5.81. The Morgan fingerprint density at radius 2 is 2.35 bits per heavy atom. The van der Waals surface area contributed by atoms with E-state index in [4.69, 9.17) is 5.11 Å². The van der Waals surface area contributed by atoms with Gasteiger partial charge < -0.3 is 15.7 Å². The zero-order valence-electron chi connectivity index (χ0n) is 13.0. The summed E-state index contributed by atoms with van der Waals surface area (Å²) >= 11 is 0. The molecule has 0 aromatic heterocycles. The SMILES string of the molecule is C=C/N=C/C=C\C(=C\C(=O)O)NCc1cccc2c1CNCC2. The maximum Gasteiger partial charge on any atom is 0.330 e. The molecule has 0 spiro atoms. The van der Waals surface area contributed by atoms with E-state index in [-0.39, 0.29) is 0 Å². The Hall–Kier alpha value is -2.66. The third-order valence-corrected chi connectivity index (χ3v) is 3.56. The highest BCUT2D eigenvalue weighted by atomic mass is 16.4. The minimum absolute atomic E-state index is 0.523. The molecular weight excluding hydrogens is 290 g/mol. The Labute approximate surface area is 136 Å². The predicted molar refractivity (Wildman–Crippen MR) is 92.2 cm³/mol. The van der Waals surface area contributed by atoms with Gasteiger partial charge >= 0.3 is 5.97 Å². The Morgan fingerprint density at radius 3 is 3.13 bits per heavy atom. The van der Waals surface area contributed by atoms with Crippen molar-refractivity contribution in [1.29, 1.82) is 0 Å². The molecular formula is C18H21N3O2. The third kappa shape index (κ3) is 5.23. The number of hydrogen-bond donors (Lipinski definition) is 3. The highest BCUT2D eigenvalue weighted by Crippen LogP contribution is 2.18. The van der Waals surface area contributed by atoms with Crippen molar-refractivity contribution in [3.8, 4) is 0 Å². The molecule has 0 radical (unpaired) electrons. The summed E-state index contributed by atoms with van der Waals surface area (Å²) in [5.74, 6) is -0.991. The smallest absolute Gasteiger partial charge is 0.330 e. The normalized spacial score (nSPS) is 14.9. The Bertz CT molecular complexity index is 660. The molecule has 5 heteroatoms. The molecule has 0 fully saturated rings. The van der Waals surface area contributed by atoms with Crippen molar-refractivity contribution in [3.63, 3.8) is 0 Å². The maximum atomic E-state index is 10.9. The van der Waals surface area contributed by atoms with Gasteiger partial charge in [0.1, 0.15) is 0 Å². The maximum absolute atomic E-state index is 10.9. The molecule has 1 heterocycles. The van der Waals surface area contributed by atoms with E-state index >= 15 is 0 Å². The predicted octanol–water partition coefficient (Wildman–Crippen LogP) is 2.16. The second-order valence-corrected chi connectivity index (χ2v) is 5.11. The first-order chi connectivity index (χ1) is 11.2. The standard InChI is InChI=1S/C18H21N3O2/c1-2-19-9-4-7-16(11-18(22)23)21-12-15-6-3-5-14-8-10-20-13-17(14)15/h2-7,9,11,20-21H,1,8,10,12-13H2,(H,22,23)/b7-4-,16-11-,19-9+. The average Bonchev–Trinajstić information content (AvgIpc) is 2.56. The number of benzene rings is 1. The van der Waals surface area contributed by atoms with Gasteiger partial charge in [0, 0.05) is 37.3 Å². The number of rotatable bonds is 7. The molecule has 1 aromatic carbocycles. The Morgan fingerprint density at radius 1 is 1.48 bits per heavy atom. The molecule has 3 N–H and O–H groups in total. The van der Waals surface area contributed by atoms with E-state index < -0.39 is 5.97 Å². The van der Waals surface area contributed by atoms with Gasteiger partial charge in [-0.15, -0.1) is 0 Å². The van der Waals surface area contributed by atoms with Crippen LogP contribution in [0.3, 0.4) is 0 Å². The number of nitrogens with zero attached hydrogens (tertiary/aromatic N) is 1. The number of carboxylic acid groups (broad SMARTS) is 1. The second kappa shape index (κ2) is 8.70. The number of aliphatic imine (C=N–C) groups is 1. The Balaban J connectivity index is 2.09.